The van der Waals surface area contributed by atoms with Crippen molar-refractivity contribution in [1.82, 2.24) is 14.9 Å². The molecule has 0 spiro atoms. The summed E-state index contributed by atoms with van der Waals surface area (Å²) in [5, 5.41) is 33.9. The summed E-state index contributed by atoms with van der Waals surface area (Å²) in [6.07, 6.45) is 1.39. The summed E-state index contributed by atoms with van der Waals surface area (Å²) in [5.74, 6) is -1.19. The summed E-state index contributed by atoms with van der Waals surface area (Å²) in [6.45, 7) is 3.77. The maximum atomic E-state index is 11.6. The molecule has 1 aromatic heterocycles. The fourth-order valence-corrected chi connectivity index (χ4v) is 3.29. The van der Waals surface area contributed by atoms with E-state index in [0.717, 1.165) is 5.56 Å². The molecule has 27 heavy (non-hydrogen) atoms. The second-order valence-corrected chi connectivity index (χ2v) is 6.18. The predicted molar refractivity (Wildman–Crippen MR) is 96.9 cm³/mol. The van der Waals surface area contributed by atoms with Crippen molar-refractivity contribution in [2.24, 2.45) is 0 Å². The number of nitro groups is 1. The van der Waals surface area contributed by atoms with Crippen LogP contribution in [-0.2, 0) is 6.54 Å². The van der Waals surface area contributed by atoms with Gasteiger partial charge in [0.1, 0.15) is 5.69 Å². The molecule has 1 aliphatic heterocycles. The number of dihydropyridines is 1. The fraction of sp³-hybridized carbons (Fsp3) is 0.211. The Morgan fingerprint density at radius 3 is 2.30 bits per heavy atom. The third-order valence-corrected chi connectivity index (χ3v) is 4.50. The standard InChI is InChI=1S/C19H16N6O2/c1-12-15(8-20)17(16(9-21)13(2)23-12)18-19(25(26)27)22-11-24(18)10-14-6-4-3-5-7-14/h3-7,11,17,23H,10H2,1-2H3. The molecule has 1 N–H and O–H groups in total. The van der Waals surface area contributed by atoms with Crippen LogP contribution < -0.4 is 5.32 Å². The van der Waals surface area contributed by atoms with Gasteiger partial charge in [-0.05, 0) is 29.3 Å². The molecule has 0 unspecified atom stereocenters. The van der Waals surface area contributed by atoms with E-state index in [1.54, 1.807) is 18.4 Å². The highest BCUT2D eigenvalue weighted by molar-refractivity contribution is 5.57. The highest BCUT2D eigenvalue weighted by atomic mass is 16.6. The number of aromatic nitrogens is 2. The monoisotopic (exact) mass is 360 g/mol. The number of nitrogens with one attached hydrogen (secondary N) is 1. The first kappa shape index (κ1) is 17.9. The van der Waals surface area contributed by atoms with Crippen molar-refractivity contribution >= 4 is 5.82 Å². The number of imidazole rings is 1. The molecule has 2 aromatic rings. The van der Waals surface area contributed by atoms with Crippen molar-refractivity contribution in [2.75, 3.05) is 0 Å². The van der Waals surface area contributed by atoms with E-state index < -0.39 is 10.8 Å². The highest BCUT2D eigenvalue weighted by Gasteiger charge is 2.38. The van der Waals surface area contributed by atoms with E-state index in [1.807, 2.05) is 30.3 Å². The maximum absolute atomic E-state index is 11.6. The number of nitriles is 2. The molecule has 0 saturated heterocycles. The van der Waals surface area contributed by atoms with Gasteiger partial charge in [0.2, 0.25) is 6.33 Å². The van der Waals surface area contributed by atoms with Gasteiger partial charge in [0.25, 0.3) is 0 Å². The smallest absolute Gasteiger partial charge is 0.361 e. The predicted octanol–water partition coefficient (Wildman–Crippen LogP) is 3.12. The number of hydrogen-bond donors (Lipinski definition) is 1. The van der Waals surface area contributed by atoms with Crippen molar-refractivity contribution in [3.8, 4) is 12.1 Å². The minimum Gasteiger partial charge on any atom is -0.361 e. The zero-order chi connectivity index (χ0) is 19.6. The van der Waals surface area contributed by atoms with E-state index in [9.17, 15) is 20.6 Å². The third-order valence-electron chi connectivity index (χ3n) is 4.50. The van der Waals surface area contributed by atoms with E-state index in [4.69, 9.17) is 0 Å². The third kappa shape index (κ3) is 3.16. The molecule has 8 heteroatoms. The van der Waals surface area contributed by atoms with E-state index in [0.29, 0.717) is 17.9 Å². The molecule has 0 atom stereocenters. The van der Waals surface area contributed by atoms with Gasteiger partial charge in [-0.15, -0.1) is 0 Å². The van der Waals surface area contributed by atoms with Crippen LogP contribution in [0.1, 0.15) is 31.0 Å². The fourth-order valence-electron chi connectivity index (χ4n) is 3.29. The first-order chi connectivity index (χ1) is 13.0. The lowest BCUT2D eigenvalue weighted by atomic mass is 9.84. The Morgan fingerprint density at radius 2 is 1.78 bits per heavy atom. The van der Waals surface area contributed by atoms with E-state index in [2.05, 4.69) is 22.4 Å². The Labute approximate surface area is 155 Å². The number of benzene rings is 1. The summed E-state index contributed by atoms with van der Waals surface area (Å²) < 4.78 is 1.64. The number of allylic oxidation sites excluding steroid dienone is 4. The molecule has 8 nitrogen and oxygen atoms in total. The molecule has 1 aromatic carbocycles. The minimum atomic E-state index is -0.840. The average Bonchev–Trinajstić information content (AvgIpc) is 3.05. The van der Waals surface area contributed by atoms with Gasteiger partial charge >= 0.3 is 5.82 Å². The lowest BCUT2D eigenvalue weighted by molar-refractivity contribution is -0.390. The van der Waals surface area contributed by atoms with Crippen molar-refractivity contribution in [3.05, 3.63) is 80.6 Å². The van der Waals surface area contributed by atoms with E-state index in [1.165, 1.54) is 6.33 Å². The summed E-state index contributed by atoms with van der Waals surface area (Å²) in [4.78, 5) is 15.0. The molecule has 0 fully saturated rings. The molecule has 1 aliphatic rings. The zero-order valence-corrected chi connectivity index (χ0v) is 14.8. The van der Waals surface area contributed by atoms with Gasteiger partial charge < -0.3 is 20.0 Å². The Kier molecular flexibility index (Phi) is 4.73. The van der Waals surface area contributed by atoms with Gasteiger partial charge in [0.15, 0.2) is 0 Å². The number of rotatable bonds is 4. The maximum Gasteiger partial charge on any atom is 0.385 e. The Morgan fingerprint density at radius 1 is 1.19 bits per heavy atom. The van der Waals surface area contributed by atoms with Gasteiger partial charge in [0.05, 0.1) is 35.7 Å². The zero-order valence-electron chi connectivity index (χ0n) is 14.8. The van der Waals surface area contributed by atoms with Crippen LogP contribution in [-0.4, -0.2) is 14.5 Å². The largest absolute Gasteiger partial charge is 0.385 e. The SMILES string of the molecule is CC1=C(C#N)C(c2c([N+](=O)[O-])ncn2Cc2ccccc2)C(C#N)=C(C)N1. The topological polar surface area (TPSA) is 121 Å². The lowest BCUT2D eigenvalue weighted by Gasteiger charge is -2.26. The molecular formula is C19H16N6O2. The Hall–Kier alpha value is -3.91. The number of nitrogens with zero attached hydrogens (tertiary/aromatic N) is 5. The summed E-state index contributed by atoms with van der Waals surface area (Å²) in [5.41, 5.74) is 2.85. The molecule has 134 valence electrons. The molecule has 0 aliphatic carbocycles. The quantitative estimate of drug-likeness (QED) is 0.660. The average molecular weight is 360 g/mol. The molecule has 3 rings (SSSR count). The summed E-state index contributed by atoms with van der Waals surface area (Å²) in [7, 11) is 0. The molecule has 0 radical (unpaired) electrons. The van der Waals surface area contributed by atoms with Crippen LogP contribution in [0.5, 0.6) is 0 Å². The normalized spacial score (nSPS) is 14.5. The molecule has 0 bridgehead atoms. The molecular weight excluding hydrogens is 344 g/mol. The molecule has 0 saturated carbocycles. The summed E-state index contributed by atoms with van der Waals surface area (Å²) >= 11 is 0. The molecule has 2 heterocycles. The van der Waals surface area contributed by atoms with Crippen LogP contribution in [0, 0.1) is 32.8 Å². The van der Waals surface area contributed by atoms with Gasteiger partial charge in [-0.3, -0.25) is 0 Å². The molecule has 0 amide bonds. The van der Waals surface area contributed by atoms with Gasteiger partial charge in [-0.25, -0.2) is 0 Å². The number of hydrogen-bond acceptors (Lipinski definition) is 6. The van der Waals surface area contributed by atoms with Crippen molar-refractivity contribution in [3.63, 3.8) is 0 Å². The van der Waals surface area contributed by atoms with E-state index in [-0.39, 0.29) is 22.7 Å². The second kappa shape index (κ2) is 7.14. The van der Waals surface area contributed by atoms with Crippen LogP contribution in [0.4, 0.5) is 5.82 Å². The minimum absolute atomic E-state index is 0.233. The Bertz CT molecular complexity index is 1010. The van der Waals surface area contributed by atoms with Gasteiger partial charge in [-0.2, -0.15) is 10.5 Å². The summed E-state index contributed by atoms with van der Waals surface area (Å²) in [6, 6.07) is 13.6. The van der Waals surface area contributed by atoms with E-state index >= 15 is 0 Å². The van der Waals surface area contributed by atoms with Crippen LogP contribution >= 0.6 is 0 Å². The first-order valence-electron chi connectivity index (χ1n) is 8.20. The first-order valence-corrected chi connectivity index (χ1v) is 8.20. The highest BCUT2D eigenvalue weighted by Crippen LogP contribution is 2.40. The Balaban J connectivity index is 2.23. The van der Waals surface area contributed by atoms with Crippen molar-refractivity contribution < 1.29 is 4.92 Å². The van der Waals surface area contributed by atoms with Gasteiger partial charge in [-0.1, -0.05) is 30.3 Å². The van der Waals surface area contributed by atoms with Crippen LogP contribution in [0.3, 0.4) is 0 Å². The lowest BCUT2D eigenvalue weighted by Crippen LogP contribution is -2.25. The van der Waals surface area contributed by atoms with Gasteiger partial charge in [0, 0.05) is 11.4 Å². The second-order valence-electron chi connectivity index (χ2n) is 6.18. The van der Waals surface area contributed by atoms with Crippen molar-refractivity contribution in [1.29, 1.82) is 10.5 Å². The van der Waals surface area contributed by atoms with Crippen molar-refractivity contribution in [2.45, 2.75) is 26.3 Å². The van der Waals surface area contributed by atoms with Crippen LogP contribution in [0.2, 0.25) is 0 Å². The van der Waals surface area contributed by atoms with Crippen LogP contribution in [0.25, 0.3) is 0 Å². The van der Waals surface area contributed by atoms with Crippen LogP contribution in [0.15, 0.2) is 59.2 Å².